The molecular weight excluding hydrogens is 481 g/mol. The van der Waals surface area contributed by atoms with E-state index in [0.29, 0.717) is 12.2 Å². The molecule has 1 fully saturated rings. The lowest BCUT2D eigenvalue weighted by molar-refractivity contribution is -0.137. The van der Waals surface area contributed by atoms with Crippen molar-refractivity contribution in [2.24, 2.45) is 0 Å². The van der Waals surface area contributed by atoms with E-state index >= 15 is 0 Å². The number of benzene rings is 1. The monoisotopic (exact) mass is 502 g/mol. The van der Waals surface area contributed by atoms with E-state index in [-0.39, 0.29) is 41.3 Å². The lowest BCUT2D eigenvalue weighted by Crippen LogP contribution is -2.51. The summed E-state index contributed by atoms with van der Waals surface area (Å²) in [6, 6.07) is 8.18. The van der Waals surface area contributed by atoms with Crippen LogP contribution in [0.15, 0.2) is 42.5 Å². The van der Waals surface area contributed by atoms with Crippen LogP contribution in [0.1, 0.15) is 5.56 Å². The first-order chi connectivity index (χ1) is 17.2. The van der Waals surface area contributed by atoms with E-state index in [4.69, 9.17) is 9.47 Å². The van der Waals surface area contributed by atoms with E-state index in [1.165, 1.54) is 37.3 Å². The van der Waals surface area contributed by atoms with Crippen LogP contribution in [0.3, 0.4) is 0 Å². The van der Waals surface area contributed by atoms with Gasteiger partial charge in [0.2, 0.25) is 5.88 Å². The normalized spacial score (nSPS) is 18.6. The molecule has 0 radical (unpaired) electrons. The zero-order chi connectivity index (χ0) is 25.6. The lowest BCUT2D eigenvalue weighted by Gasteiger charge is -2.36. The quantitative estimate of drug-likeness (QED) is 0.560. The molecule has 2 aliphatic heterocycles. The fourth-order valence-corrected chi connectivity index (χ4v) is 4.34. The Bertz CT molecular complexity index is 1300. The summed E-state index contributed by atoms with van der Waals surface area (Å²) in [7, 11) is 2.76. The number of urea groups is 1. The summed E-state index contributed by atoms with van der Waals surface area (Å²) in [5.41, 5.74) is 0.262. The van der Waals surface area contributed by atoms with Crippen molar-refractivity contribution in [3.8, 4) is 23.1 Å². The summed E-state index contributed by atoms with van der Waals surface area (Å²) in [5.74, 6) is 0.464. The second kappa shape index (κ2) is 8.82. The molecule has 13 heteroatoms. The van der Waals surface area contributed by atoms with Crippen molar-refractivity contribution in [1.29, 1.82) is 0 Å². The molecule has 2 amide bonds. The number of aromatic nitrogens is 3. The van der Waals surface area contributed by atoms with Gasteiger partial charge in [0.25, 0.3) is 0 Å². The molecule has 0 spiro atoms. The van der Waals surface area contributed by atoms with Gasteiger partial charge in [-0.3, -0.25) is 10.2 Å². The number of rotatable bonds is 4. The standard InChI is InChI=1S/C23H21F3N6O4/c1-35-19-9-18(28-21(30-19)36-2)29-22(34)32-16-10-31(11-17(16)33)15-7-6-14(27-20(15)32)12-4-3-5-13(8-12)23(24,25)26/h3-9,16-17,33H,10-11H2,1-2H3,(H,28,29,30,34)/t16-,17-/m1/s1. The van der Waals surface area contributed by atoms with Gasteiger partial charge in [0, 0.05) is 24.7 Å². The molecule has 2 aliphatic rings. The molecule has 36 heavy (non-hydrogen) atoms. The predicted octanol–water partition coefficient (Wildman–Crippen LogP) is 3.18. The van der Waals surface area contributed by atoms with E-state index in [9.17, 15) is 23.1 Å². The number of halogens is 3. The summed E-state index contributed by atoms with van der Waals surface area (Å²) in [6.07, 6.45) is -5.37. The number of hydrogen-bond acceptors (Lipinski definition) is 8. The predicted molar refractivity (Wildman–Crippen MR) is 123 cm³/mol. The van der Waals surface area contributed by atoms with Crippen molar-refractivity contribution < 1.29 is 32.5 Å². The van der Waals surface area contributed by atoms with Gasteiger partial charge in [-0.1, -0.05) is 12.1 Å². The van der Waals surface area contributed by atoms with Crippen molar-refractivity contribution in [1.82, 2.24) is 15.0 Å². The van der Waals surface area contributed by atoms with E-state index in [0.717, 1.165) is 12.1 Å². The highest BCUT2D eigenvalue weighted by Gasteiger charge is 2.45. The number of nitrogens with one attached hydrogen (secondary N) is 1. The third kappa shape index (κ3) is 4.21. The van der Waals surface area contributed by atoms with Crippen molar-refractivity contribution in [3.05, 3.63) is 48.0 Å². The first-order valence-corrected chi connectivity index (χ1v) is 10.9. The van der Waals surface area contributed by atoms with Gasteiger partial charge < -0.3 is 19.5 Å². The van der Waals surface area contributed by atoms with Gasteiger partial charge >= 0.3 is 18.2 Å². The number of nitrogens with zero attached hydrogens (tertiary/aromatic N) is 5. The number of anilines is 3. The molecule has 1 saturated heterocycles. The first kappa shape index (κ1) is 23.6. The zero-order valence-corrected chi connectivity index (χ0v) is 19.2. The minimum atomic E-state index is -4.51. The molecule has 2 N–H and O–H groups in total. The summed E-state index contributed by atoms with van der Waals surface area (Å²) in [4.78, 5) is 29.3. The molecule has 5 rings (SSSR count). The molecule has 3 aromatic rings. The van der Waals surface area contributed by atoms with Crippen molar-refractivity contribution in [3.63, 3.8) is 0 Å². The minimum absolute atomic E-state index is 0.0271. The third-order valence-corrected chi connectivity index (χ3v) is 6.03. The van der Waals surface area contributed by atoms with E-state index in [1.807, 2.05) is 4.90 Å². The highest BCUT2D eigenvalue weighted by Crippen LogP contribution is 2.41. The van der Waals surface area contributed by atoms with E-state index < -0.39 is 29.9 Å². The van der Waals surface area contributed by atoms with Crippen LogP contribution in [0, 0.1) is 0 Å². The SMILES string of the molecule is COc1cc(NC(=O)N2c3nc(-c4cccc(C(F)(F)F)c4)ccc3N3C[C@@H](O)[C@H]2C3)nc(OC)n1. The van der Waals surface area contributed by atoms with E-state index in [1.54, 1.807) is 12.1 Å². The highest BCUT2D eigenvalue weighted by atomic mass is 19.4. The van der Waals surface area contributed by atoms with Crippen molar-refractivity contribution in [2.75, 3.05) is 42.4 Å². The Morgan fingerprint density at radius 1 is 1.08 bits per heavy atom. The summed E-state index contributed by atoms with van der Waals surface area (Å²) in [6.45, 7) is 0.643. The smallest absolute Gasteiger partial charge is 0.416 e. The average molecular weight is 502 g/mol. The number of alkyl halides is 3. The fraction of sp³-hybridized carbons (Fsp3) is 0.304. The van der Waals surface area contributed by atoms with Crippen molar-refractivity contribution >= 4 is 23.4 Å². The number of hydrogen-bond donors (Lipinski definition) is 2. The molecule has 2 bridgehead atoms. The number of carbonyl (C=O) groups is 1. The van der Waals surface area contributed by atoms with Crippen LogP contribution in [0.25, 0.3) is 11.3 Å². The topological polar surface area (TPSA) is 113 Å². The number of aliphatic hydroxyl groups is 1. The largest absolute Gasteiger partial charge is 0.481 e. The van der Waals surface area contributed by atoms with Crippen LogP contribution in [0.5, 0.6) is 11.9 Å². The number of ether oxygens (including phenoxy) is 2. The maximum atomic E-state index is 13.5. The van der Waals surface area contributed by atoms with Crippen molar-refractivity contribution in [2.45, 2.75) is 18.3 Å². The molecule has 1 aromatic carbocycles. The van der Waals surface area contributed by atoms with Gasteiger partial charge in [-0.05, 0) is 24.3 Å². The minimum Gasteiger partial charge on any atom is -0.481 e. The lowest BCUT2D eigenvalue weighted by atomic mass is 10.1. The summed E-state index contributed by atoms with van der Waals surface area (Å²) < 4.78 is 49.9. The van der Waals surface area contributed by atoms with Crippen LogP contribution >= 0.6 is 0 Å². The Morgan fingerprint density at radius 3 is 2.61 bits per heavy atom. The number of fused-ring (bicyclic) bond motifs is 4. The number of aliphatic hydroxyl groups excluding tert-OH is 1. The Balaban J connectivity index is 1.54. The maximum Gasteiger partial charge on any atom is 0.416 e. The van der Waals surface area contributed by atoms with Gasteiger partial charge in [0.15, 0.2) is 5.82 Å². The Morgan fingerprint density at radius 2 is 1.89 bits per heavy atom. The first-order valence-electron chi connectivity index (χ1n) is 10.9. The number of amides is 2. The van der Waals surface area contributed by atoms with E-state index in [2.05, 4.69) is 20.3 Å². The Kier molecular flexibility index (Phi) is 5.79. The maximum absolute atomic E-state index is 13.5. The number of carbonyl (C=O) groups excluding carboxylic acids is 1. The van der Waals surface area contributed by atoms with Gasteiger partial charge in [-0.25, -0.2) is 9.78 Å². The Labute approximate surface area is 203 Å². The fourth-order valence-electron chi connectivity index (χ4n) is 4.34. The molecule has 2 atom stereocenters. The number of pyridine rings is 1. The molecule has 2 aromatic heterocycles. The molecule has 188 valence electrons. The Hall–Kier alpha value is -4.13. The van der Waals surface area contributed by atoms with Crippen LogP contribution in [0.2, 0.25) is 0 Å². The van der Waals surface area contributed by atoms with Gasteiger partial charge in [-0.15, -0.1) is 0 Å². The molecule has 10 nitrogen and oxygen atoms in total. The van der Waals surface area contributed by atoms with Gasteiger partial charge in [-0.2, -0.15) is 23.1 Å². The van der Waals surface area contributed by atoms with Crippen LogP contribution in [-0.2, 0) is 6.18 Å². The van der Waals surface area contributed by atoms with Crippen LogP contribution in [0.4, 0.5) is 35.3 Å². The summed E-state index contributed by atoms with van der Waals surface area (Å²) >= 11 is 0. The molecule has 0 unspecified atom stereocenters. The third-order valence-electron chi connectivity index (χ3n) is 6.03. The number of methoxy groups -OCH3 is 2. The van der Waals surface area contributed by atoms with Crippen LogP contribution < -0.4 is 24.6 Å². The van der Waals surface area contributed by atoms with Gasteiger partial charge in [0.1, 0.15) is 5.82 Å². The molecular formula is C23H21F3N6O4. The van der Waals surface area contributed by atoms with Gasteiger partial charge in [0.05, 0.1) is 43.3 Å². The molecule has 4 heterocycles. The summed E-state index contributed by atoms with van der Waals surface area (Å²) in [5, 5.41) is 13.3. The molecule has 0 aliphatic carbocycles. The second-order valence-corrected chi connectivity index (χ2v) is 8.24. The zero-order valence-electron chi connectivity index (χ0n) is 19.2. The molecule has 0 saturated carbocycles. The second-order valence-electron chi connectivity index (χ2n) is 8.24. The average Bonchev–Trinajstić information content (AvgIpc) is 3.19. The highest BCUT2D eigenvalue weighted by molar-refractivity contribution is 6.04. The van der Waals surface area contributed by atoms with Crippen LogP contribution in [-0.4, -0.2) is 65.5 Å².